The van der Waals surface area contributed by atoms with E-state index in [9.17, 15) is 0 Å². The Morgan fingerprint density at radius 3 is 2.36 bits per heavy atom. The number of thioether (sulfide) groups is 1. The van der Waals surface area contributed by atoms with Gasteiger partial charge in [0.05, 0.1) is 10.7 Å². The number of aryl methyl sites for hydroxylation is 2. The Bertz CT molecular complexity index is 1160. The zero-order valence-corrected chi connectivity index (χ0v) is 21.2. The smallest absolute Gasteiger partial charge is 0.169 e. The molecule has 0 saturated carbocycles. The van der Waals surface area contributed by atoms with Gasteiger partial charge in [-0.2, -0.15) is 0 Å². The maximum absolute atomic E-state index is 2.45. The number of benzene rings is 2. The highest BCUT2D eigenvalue weighted by atomic mass is 32.2. The Morgan fingerprint density at radius 1 is 1.00 bits per heavy atom. The highest BCUT2D eigenvalue weighted by Crippen LogP contribution is 2.46. The minimum Gasteiger partial charge on any atom is -0.338 e. The maximum Gasteiger partial charge on any atom is 0.169 e. The van der Waals surface area contributed by atoms with E-state index >= 15 is 0 Å². The van der Waals surface area contributed by atoms with E-state index in [0.717, 1.165) is 19.6 Å². The molecule has 0 bridgehead atoms. The Morgan fingerprint density at radius 2 is 1.70 bits per heavy atom. The molecule has 2 aromatic carbocycles. The topological polar surface area (TPSA) is 10.4 Å². The van der Waals surface area contributed by atoms with E-state index in [1.807, 2.05) is 18.8 Å². The summed E-state index contributed by atoms with van der Waals surface area (Å²) < 4.78 is 2.07. The number of hydrogen-bond acceptors (Lipinski definition) is 3. The summed E-state index contributed by atoms with van der Waals surface area (Å²) in [4.78, 5) is 6.07. The summed E-state index contributed by atoms with van der Waals surface area (Å²) in [5.41, 5.74) is 7.59. The fourth-order valence-corrected chi connectivity index (χ4v) is 5.12. The predicted octanol–water partition coefficient (Wildman–Crippen LogP) is 6.29. The quantitative estimate of drug-likeness (QED) is 0.387. The van der Waals surface area contributed by atoms with E-state index in [0.29, 0.717) is 0 Å². The number of hydrogen-bond donors (Lipinski definition) is 0. The maximum atomic E-state index is 2.45. The summed E-state index contributed by atoms with van der Waals surface area (Å²) in [6.45, 7) is 9.74. The molecule has 33 heavy (non-hydrogen) atoms. The van der Waals surface area contributed by atoms with Gasteiger partial charge in [-0.3, -0.25) is 4.90 Å². The van der Waals surface area contributed by atoms with Gasteiger partial charge < -0.3 is 4.90 Å². The number of aromatic nitrogens is 1. The number of fused-ring (bicyclic) bond motifs is 1. The van der Waals surface area contributed by atoms with Crippen LogP contribution in [0.3, 0.4) is 0 Å². The number of rotatable bonds is 7. The molecule has 0 fully saturated rings. The lowest BCUT2D eigenvalue weighted by Crippen LogP contribution is -2.25. The number of allylic oxidation sites excluding steroid dienone is 2. The lowest BCUT2D eigenvalue weighted by Gasteiger charge is -2.18. The van der Waals surface area contributed by atoms with Crippen LogP contribution in [0.15, 0.2) is 83.0 Å². The summed E-state index contributed by atoms with van der Waals surface area (Å²) in [6.07, 6.45) is 8.80. The summed E-state index contributed by atoms with van der Waals surface area (Å²) in [5.74, 6) is 0. The van der Waals surface area contributed by atoms with Crippen LogP contribution in [0, 0.1) is 6.92 Å². The second kappa shape index (κ2) is 10.4. The molecular weight excluding hydrogens is 422 g/mol. The van der Waals surface area contributed by atoms with Crippen molar-refractivity contribution in [2.45, 2.75) is 32.2 Å². The summed E-state index contributed by atoms with van der Waals surface area (Å²) >= 11 is 1.84. The highest BCUT2D eigenvalue weighted by Gasteiger charge is 2.22. The summed E-state index contributed by atoms with van der Waals surface area (Å²) in [7, 11) is 4.21. The van der Waals surface area contributed by atoms with Crippen molar-refractivity contribution in [1.82, 2.24) is 4.90 Å². The van der Waals surface area contributed by atoms with Gasteiger partial charge in [-0.15, -0.1) is 0 Å². The van der Waals surface area contributed by atoms with Crippen LogP contribution in [0.1, 0.15) is 36.1 Å². The molecule has 1 aliphatic heterocycles. The van der Waals surface area contributed by atoms with Crippen molar-refractivity contribution in [2.24, 2.45) is 7.05 Å². The SMILES string of the molecule is CCN(CC)Cc1ccc(C(=Cc2cc[n+](C)cc2)C=C2Sc3ccc(C)cc3N2C)cc1. The molecular formula is C29H34N3S+. The molecule has 4 rings (SSSR count). The Hall–Kier alpha value is -2.82. The van der Waals surface area contributed by atoms with Gasteiger partial charge in [0, 0.05) is 30.6 Å². The Balaban J connectivity index is 1.69. The third-order valence-corrected chi connectivity index (χ3v) is 7.38. The van der Waals surface area contributed by atoms with Gasteiger partial charge in [-0.1, -0.05) is 55.9 Å². The van der Waals surface area contributed by atoms with Gasteiger partial charge in [0.25, 0.3) is 0 Å². The fraction of sp³-hybridized carbons (Fsp3) is 0.276. The average Bonchev–Trinajstić information content (AvgIpc) is 3.13. The standard InChI is InChI=1S/C29H34N3S/c1-6-32(7-2)21-24-9-11-25(12-10-24)26(19-23-14-16-30(4)17-15-23)20-29-31(5)27-18-22(3)8-13-28(27)33-29/h8-20H,6-7,21H2,1-5H3/q+1. The van der Waals surface area contributed by atoms with Crippen LogP contribution in [0.4, 0.5) is 5.69 Å². The van der Waals surface area contributed by atoms with E-state index in [4.69, 9.17) is 0 Å². The first-order valence-electron chi connectivity index (χ1n) is 11.7. The molecule has 1 aromatic heterocycles. The lowest BCUT2D eigenvalue weighted by molar-refractivity contribution is -0.671. The normalized spacial score (nSPS) is 14.9. The van der Waals surface area contributed by atoms with Crippen LogP contribution in [-0.4, -0.2) is 25.0 Å². The van der Waals surface area contributed by atoms with Gasteiger partial charge in [0.2, 0.25) is 0 Å². The molecule has 0 radical (unpaired) electrons. The minimum atomic E-state index is 0.996. The molecule has 0 amide bonds. The van der Waals surface area contributed by atoms with E-state index in [2.05, 4.69) is 121 Å². The zero-order valence-electron chi connectivity index (χ0n) is 20.4. The molecule has 0 N–H and O–H groups in total. The molecule has 0 spiro atoms. The van der Waals surface area contributed by atoms with E-state index in [1.165, 1.54) is 43.4 Å². The van der Waals surface area contributed by atoms with E-state index < -0.39 is 0 Å². The molecule has 2 heterocycles. The van der Waals surface area contributed by atoms with Crippen LogP contribution in [0.25, 0.3) is 11.6 Å². The molecule has 0 atom stereocenters. The largest absolute Gasteiger partial charge is 0.338 e. The lowest BCUT2D eigenvalue weighted by atomic mass is 10.0. The molecule has 170 valence electrons. The molecule has 0 unspecified atom stereocenters. The van der Waals surface area contributed by atoms with E-state index in [1.54, 1.807) is 0 Å². The van der Waals surface area contributed by atoms with E-state index in [-0.39, 0.29) is 0 Å². The molecule has 4 heteroatoms. The number of nitrogens with zero attached hydrogens (tertiary/aromatic N) is 3. The van der Waals surface area contributed by atoms with Crippen molar-refractivity contribution in [3.05, 3.63) is 100 Å². The van der Waals surface area contributed by atoms with Crippen LogP contribution < -0.4 is 9.47 Å². The van der Waals surface area contributed by atoms with Crippen LogP contribution in [0.2, 0.25) is 0 Å². The summed E-state index contributed by atoms with van der Waals surface area (Å²) in [5, 5.41) is 1.25. The van der Waals surface area contributed by atoms with Crippen LogP contribution in [0.5, 0.6) is 0 Å². The first-order chi connectivity index (χ1) is 16.0. The van der Waals surface area contributed by atoms with Crippen molar-refractivity contribution in [3.63, 3.8) is 0 Å². The molecule has 3 aromatic rings. The van der Waals surface area contributed by atoms with Crippen molar-refractivity contribution >= 4 is 29.1 Å². The second-order valence-electron chi connectivity index (χ2n) is 8.67. The van der Waals surface area contributed by atoms with Crippen molar-refractivity contribution in [2.75, 3.05) is 25.0 Å². The minimum absolute atomic E-state index is 0.996. The number of anilines is 1. The van der Waals surface area contributed by atoms with Crippen molar-refractivity contribution < 1.29 is 4.57 Å². The van der Waals surface area contributed by atoms with Gasteiger partial charge in [-0.05, 0) is 72.1 Å². The molecule has 3 nitrogen and oxygen atoms in total. The van der Waals surface area contributed by atoms with Gasteiger partial charge in [0.1, 0.15) is 7.05 Å². The number of pyridine rings is 1. The molecule has 0 aliphatic carbocycles. The Labute approximate surface area is 203 Å². The van der Waals surface area contributed by atoms with Crippen molar-refractivity contribution in [1.29, 1.82) is 0 Å². The third kappa shape index (κ3) is 5.58. The average molecular weight is 457 g/mol. The van der Waals surface area contributed by atoms with Gasteiger partial charge in [0.15, 0.2) is 12.4 Å². The second-order valence-corrected chi connectivity index (χ2v) is 9.73. The van der Waals surface area contributed by atoms with Crippen molar-refractivity contribution in [3.8, 4) is 0 Å². The highest BCUT2D eigenvalue weighted by molar-refractivity contribution is 8.03. The Kier molecular flexibility index (Phi) is 7.36. The third-order valence-electron chi connectivity index (χ3n) is 6.21. The first-order valence-corrected chi connectivity index (χ1v) is 12.5. The van der Waals surface area contributed by atoms with Crippen LogP contribution >= 0.6 is 11.8 Å². The fourth-order valence-electron chi connectivity index (χ4n) is 4.04. The van der Waals surface area contributed by atoms with Gasteiger partial charge >= 0.3 is 0 Å². The van der Waals surface area contributed by atoms with Crippen LogP contribution in [-0.2, 0) is 13.6 Å². The molecule has 1 aliphatic rings. The summed E-state index contributed by atoms with van der Waals surface area (Å²) in [6, 6.07) is 20.1. The zero-order chi connectivity index (χ0) is 23.4. The predicted molar refractivity (Wildman–Crippen MR) is 142 cm³/mol. The monoisotopic (exact) mass is 456 g/mol. The molecule has 0 saturated heterocycles. The first kappa shape index (κ1) is 23.3. The van der Waals surface area contributed by atoms with Gasteiger partial charge in [-0.25, -0.2) is 4.57 Å².